The first kappa shape index (κ1) is 14.5. The molecule has 0 fully saturated rings. The van der Waals surface area contributed by atoms with E-state index in [-0.39, 0.29) is 6.04 Å². The van der Waals surface area contributed by atoms with Crippen molar-refractivity contribution >= 4 is 29.5 Å². The highest BCUT2D eigenvalue weighted by molar-refractivity contribution is 6.18. The second-order valence-corrected chi connectivity index (χ2v) is 4.49. The Balaban J connectivity index is 2.65. The molecule has 0 heterocycles. The third-order valence-corrected chi connectivity index (χ3v) is 2.93. The molecule has 1 radical (unpaired) electrons. The van der Waals surface area contributed by atoms with Gasteiger partial charge in [-0.15, -0.1) is 23.2 Å². The van der Waals surface area contributed by atoms with Gasteiger partial charge in [0.05, 0.1) is 6.04 Å². The van der Waals surface area contributed by atoms with Crippen LogP contribution in [0, 0.1) is 0 Å². The fourth-order valence-electron chi connectivity index (χ4n) is 1.72. The first-order valence-electron chi connectivity index (χ1n) is 5.59. The summed E-state index contributed by atoms with van der Waals surface area (Å²) >= 11 is 11.4. The van der Waals surface area contributed by atoms with E-state index < -0.39 is 0 Å². The van der Waals surface area contributed by atoms with Crippen LogP contribution in [-0.4, -0.2) is 42.1 Å². The van der Waals surface area contributed by atoms with Crippen LogP contribution in [0.4, 0.5) is 0 Å². The molecule has 0 amide bonds. The van der Waals surface area contributed by atoms with E-state index in [1.807, 2.05) is 35.2 Å². The molecule has 17 heavy (non-hydrogen) atoms. The SMILES string of the molecule is O=[C]C(Cc1ccccc1)N(CCCl)CCCl. The molecule has 0 aliphatic carbocycles. The highest BCUT2D eigenvalue weighted by atomic mass is 35.5. The van der Waals surface area contributed by atoms with E-state index in [2.05, 4.69) is 6.29 Å². The van der Waals surface area contributed by atoms with Crippen molar-refractivity contribution in [2.75, 3.05) is 24.8 Å². The van der Waals surface area contributed by atoms with Gasteiger partial charge in [-0.25, -0.2) is 0 Å². The lowest BCUT2D eigenvalue weighted by Gasteiger charge is -2.25. The minimum Gasteiger partial charge on any atom is -0.291 e. The molecule has 0 saturated carbocycles. The van der Waals surface area contributed by atoms with Crippen LogP contribution in [0.2, 0.25) is 0 Å². The van der Waals surface area contributed by atoms with E-state index in [4.69, 9.17) is 23.2 Å². The van der Waals surface area contributed by atoms with E-state index in [0.717, 1.165) is 5.56 Å². The quantitative estimate of drug-likeness (QED) is 0.678. The molecule has 93 valence electrons. The molecule has 1 rings (SSSR count). The molecule has 0 aliphatic heterocycles. The number of halogens is 2. The van der Waals surface area contributed by atoms with E-state index in [9.17, 15) is 4.79 Å². The van der Waals surface area contributed by atoms with Gasteiger partial charge in [0.25, 0.3) is 0 Å². The van der Waals surface area contributed by atoms with E-state index >= 15 is 0 Å². The Morgan fingerprint density at radius 1 is 1.12 bits per heavy atom. The molecule has 0 spiro atoms. The standard InChI is InChI=1S/C13H16Cl2NO/c14-6-8-16(9-7-15)13(11-17)10-12-4-2-1-3-5-12/h1-5,13H,6-10H2. The monoisotopic (exact) mass is 272 g/mol. The van der Waals surface area contributed by atoms with E-state index in [1.165, 1.54) is 0 Å². The Kier molecular flexibility index (Phi) is 7.25. The Morgan fingerprint density at radius 3 is 2.18 bits per heavy atom. The van der Waals surface area contributed by atoms with Crippen LogP contribution >= 0.6 is 23.2 Å². The number of hydrogen-bond acceptors (Lipinski definition) is 2. The van der Waals surface area contributed by atoms with Crippen molar-refractivity contribution in [1.82, 2.24) is 4.90 Å². The van der Waals surface area contributed by atoms with Gasteiger partial charge in [-0.1, -0.05) is 30.3 Å². The average Bonchev–Trinajstić information content (AvgIpc) is 2.37. The molecule has 1 aromatic rings. The van der Waals surface area contributed by atoms with Gasteiger partial charge in [0.1, 0.15) is 0 Å². The lowest BCUT2D eigenvalue weighted by atomic mass is 10.1. The Hall–Kier alpha value is -0.570. The van der Waals surface area contributed by atoms with Crippen LogP contribution in [0.15, 0.2) is 30.3 Å². The van der Waals surface area contributed by atoms with Crippen molar-refractivity contribution in [3.8, 4) is 0 Å². The predicted molar refractivity (Wildman–Crippen MR) is 72.6 cm³/mol. The molecule has 1 atom stereocenters. The number of benzene rings is 1. The Bertz CT molecular complexity index is 312. The summed E-state index contributed by atoms with van der Waals surface area (Å²) in [6.07, 6.45) is 2.73. The van der Waals surface area contributed by atoms with Crippen LogP contribution in [0.1, 0.15) is 5.56 Å². The lowest BCUT2D eigenvalue weighted by molar-refractivity contribution is 0.263. The maximum Gasteiger partial charge on any atom is 0.217 e. The van der Waals surface area contributed by atoms with Crippen LogP contribution in [0.5, 0.6) is 0 Å². The molecule has 4 heteroatoms. The van der Waals surface area contributed by atoms with Crippen molar-refractivity contribution < 1.29 is 4.79 Å². The molecule has 0 aliphatic rings. The number of nitrogens with zero attached hydrogens (tertiary/aromatic N) is 1. The molecular weight excluding hydrogens is 257 g/mol. The van der Waals surface area contributed by atoms with Crippen molar-refractivity contribution in [1.29, 1.82) is 0 Å². The predicted octanol–water partition coefficient (Wildman–Crippen LogP) is 2.49. The largest absolute Gasteiger partial charge is 0.291 e. The summed E-state index contributed by atoms with van der Waals surface area (Å²) in [5.41, 5.74) is 1.12. The molecule has 0 bridgehead atoms. The molecular formula is C13H16Cl2NO. The normalized spacial score (nSPS) is 12.6. The minimum atomic E-state index is -0.269. The summed E-state index contributed by atoms with van der Waals surface area (Å²) in [6, 6.07) is 9.62. The maximum absolute atomic E-state index is 11.0. The summed E-state index contributed by atoms with van der Waals surface area (Å²) in [4.78, 5) is 13.0. The fraction of sp³-hybridized carbons (Fsp3) is 0.462. The van der Waals surface area contributed by atoms with Crippen LogP contribution < -0.4 is 0 Å². The number of hydrogen-bond donors (Lipinski definition) is 0. The Labute approximate surface area is 113 Å². The maximum atomic E-state index is 11.0. The van der Waals surface area contributed by atoms with Crippen molar-refractivity contribution in [3.05, 3.63) is 35.9 Å². The molecule has 1 unspecified atom stereocenters. The minimum absolute atomic E-state index is 0.269. The zero-order chi connectivity index (χ0) is 12.5. The fourth-order valence-corrected chi connectivity index (χ4v) is 2.16. The van der Waals surface area contributed by atoms with Crippen LogP contribution in [0.25, 0.3) is 0 Å². The third kappa shape index (κ3) is 5.07. The first-order chi connectivity index (χ1) is 8.31. The molecule has 0 N–H and O–H groups in total. The molecule has 2 nitrogen and oxygen atoms in total. The van der Waals surface area contributed by atoms with Gasteiger partial charge in [0.2, 0.25) is 6.29 Å². The summed E-state index contributed by atoms with van der Waals surface area (Å²) < 4.78 is 0. The summed E-state index contributed by atoms with van der Waals surface area (Å²) in [7, 11) is 0. The van der Waals surface area contributed by atoms with Gasteiger partial charge in [0, 0.05) is 24.8 Å². The van der Waals surface area contributed by atoms with E-state index in [0.29, 0.717) is 31.3 Å². The van der Waals surface area contributed by atoms with Crippen molar-refractivity contribution in [2.45, 2.75) is 12.5 Å². The van der Waals surface area contributed by atoms with Gasteiger partial charge < -0.3 is 0 Å². The number of rotatable bonds is 8. The topological polar surface area (TPSA) is 20.3 Å². The summed E-state index contributed by atoms with van der Waals surface area (Å²) in [5.74, 6) is 0.980. The van der Waals surface area contributed by atoms with Gasteiger partial charge >= 0.3 is 0 Å². The number of carbonyl (C=O) groups excluding carboxylic acids is 1. The zero-order valence-electron chi connectivity index (χ0n) is 9.61. The second kappa shape index (κ2) is 8.51. The molecule has 1 aromatic carbocycles. The number of alkyl halides is 2. The molecule has 0 aromatic heterocycles. The molecule has 0 saturated heterocycles. The van der Waals surface area contributed by atoms with Gasteiger partial charge in [-0.05, 0) is 12.0 Å². The van der Waals surface area contributed by atoms with Crippen molar-refractivity contribution in [3.63, 3.8) is 0 Å². The van der Waals surface area contributed by atoms with Crippen molar-refractivity contribution in [2.24, 2.45) is 0 Å². The van der Waals surface area contributed by atoms with Gasteiger partial charge in [-0.3, -0.25) is 9.69 Å². The average molecular weight is 273 g/mol. The Morgan fingerprint density at radius 2 is 1.71 bits per heavy atom. The third-order valence-electron chi connectivity index (χ3n) is 2.59. The van der Waals surface area contributed by atoms with Crippen LogP contribution in [0.3, 0.4) is 0 Å². The zero-order valence-corrected chi connectivity index (χ0v) is 11.1. The van der Waals surface area contributed by atoms with Gasteiger partial charge in [0.15, 0.2) is 0 Å². The smallest absolute Gasteiger partial charge is 0.217 e. The highest BCUT2D eigenvalue weighted by Crippen LogP contribution is 2.08. The highest BCUT2D eigenvalue weighted by Gasteiger charge is 2.18. The second-order valence-electron chi connectivity index (χ2n) is 3.74. The lowest BCUT2D eigenvalue weighted by Crippen LogP contribution is -2.40. The van der Waals surface area contributed by atoms with Gasteiger partial charge in [-0.2, -0.15) is 0 Å². The van der Waals surface area contributed by atoms with Crippen LogP contribution in [-0.2, 0) is 11.2 Å². The summed E-state index contributed by atoms with van der Waals surface area (Å²) in [6.45, 7) is 1.31. The first-order valence-corrected chi connectivity index (χ1v) is 6.66. The van der Waals surface area contributed by atoms with E-state index in [1.54, 1.807) is 0 Å². The summed E-state index contributed by atoms with van der Waals surface area (Å²) in [5, 5.41) is 0.